The number of carbonyl (C=O) groups excluding carboxylic acids is 1. The Hall–Kier alpha value is -2.28. The fraction of sp³-hybridized carbons (Fsp3) is 0.500. The van der Waals surface area contributed by atoms with E-state index in [0.29, 0.717) is 40.4 Å². The van der Waals surface area contributed by atoms with Crippen LogP contribution in [-0.4, -0.2) is 31.9 Å². The lowest BCUT2D eigenvalue weighted by Gasteiger charge is -2.31. The largest absolute Gasteiger partial charge is 0.497 e. The summed E-state index contributed by atoms with van der Waals surface area (Å²) < 4.78 is 16.5. The lowest BCUT2D eigenvalue weighted by molar-refractivity contribution is -0.141. The average Bonchev–Trinajstić information content (AvgIpc) is 2.67. The van der Waals surface area contributed by atoms with Crippen LogP contribution in [0.5, 0.6) is 11.5 Å². The fourth-order valence-electron chi connectivity index (χ4n) is 3.06. The number of hydrogen-bond donors (Lipinski definition) is 2. The van der Waals surface area contributed by atoms with Crippen molar-refractivity contribution in [2.24, 2.45) is 5.92 Å². The van der Waals surface area contributed by atoms with E-state index < -0.39 is 6.04 Å². The van der Waals surface area contributed by atoms with E-state index in [9.17, 15) is 4.79 Å². The molecule has 6 nitrogen and oxygen atoms in total. The first kappa shape index (κ1) is 21.0. The van der Waals surface area contributed by atoms with E-state index in [1.165, 1.54) is 0 Å². The number of allylic oxidation sites excluding steroid dienone is 1. The molecular formula is C20H28N2O4S. The normalized spacial score (nSPS) is 16.7. The standard InChI is InChI=1S/C20H28N2O4S/c1-6-13(7-2)11-26-19(23)17-12(3)21-20(27)22-18(17)15-10-14(24-4)8-9-16(15)25-5/h8-10,13,18H,6-7,11H2,1-5H3,(H2,21,22,27)/t18-/m1/s1. The molecule has 0 aliphatic carbocycles. The minimum absolute atomic E-state index is 0.352. The molecule has 1 aliphatic heterocycles. The van der Waals surface area contributed by atoms with E-state index in [-0.39, 0.29) is 5.97 Å². The van der Waals surface area contributed by atoms with Crippen molar-refractivity contribution >= 4 is 23.3 Å². The maximum atomic E-state index is 12.9. The predicted molar refractivity (Wildman–Crippen MR) is 109 cm³/mol. The molecule has 0 saturated heterocycles. The minimum Gasteiger partial charge on any atom is -0.497 e. The van der Waals surface area contributed by atoms with Crippen LogP contribution in [0.1, 0.15) is 45.2 Å². The highest BCUT2D eigenvalue weighted by atomic mass is 32.1. The number of ether oxygens (including phenoxy) is 3. The Morgan fingerprint density at radius 2 is 1.93 bits per heavy atom. The predicted octanol–water partition coefficient (Wildman–Crippen LogP) is 3.48. The molecule has 0 saturated carbocycles. The van der Waals surface area contributed by atoms with Crippen molar-refractivity contribution in [3.8, 4) is 11.5 Å². The van der Waals surface area contributed by atoms with E-state index in [2.05, 4.69) is 24.5 Å². The van der Waals surface area contributed by atoms with Crippen LogP contribution in [0.2, 0.25) is 0 Å². The molecule has 0 aromatic heterocycles. The van der Waals surface area contributed by atoms with Crippen LogP contribution in [0.25, 0.3) is 0 Å². The highest BCUT2D eigenvalue weighted by Crippen LogP contribution is 2.36. The second-order valence-electron chi connectivity index (χ2n) is 6.46. The monoisotopic (exact) mass is 392 g/mol. The molecule has 0 fully saturated rings. The molecule has 1 heterocycles. The Morgan fingerprint density at radius 1 is 1.22 bits per heavy atom. The summed E-state index contributed by atoms with van der Waals surface area (Å²) in [6.45, 7) is 6.41. The maximum absolute atomic E-state index is 12.9. The van der Waals surface area contributed by atoms with Crippen molar-refractivity contribution in [1.29, 1.82) is 0 Å². The molecule has 1 aliphatic rings. The summed E-state index contributed by atoms with van der Waals surface area (Å²) in [5.74, 6) is 1.29. The van der Waals surface area contributed by atoms with Crippen molar-refractivity contribution in [3.05, 3.63) is 35.0 Å². The van der Waals surface area contributed by atoms with Crippen molar-refractivity contribution in [1.82, 2.24) is 10.6 Å². The second-order valence-corrected chi connectivity index (χ2v) is 6.87. The molecule has 27 heavy (non-hydrogen) atoms. The van der Waals surface area contributed by atoms with Gasteiger partial charge in [0.15, 0.2) is 5.11 Å². The third-order valence-electron chi connectivity index (χ3n) is 4.84. The molecule has 0 unspecified atom stereocenters. The fourth-order valence-corrected chi connectivity index (χ4v) is 3.33. The Bertz CT molecular complexity index is 729. The summed E-state index contributed by atoms with van der Waals surface area (Å²) in [4.78, 5) is 12.9. The Kier molecular flexibility index (Phi) is 7.47. The molecule has 0 amide bonds. The lowest BCUT2D eigenvalue weighted by atomic mass is 9.94. The highest BCUT2D eigenvalue weighted by Gasteiger charge is 2.33. The van der Waals surface area contributed by atoms with Gasteiger partial charge in [-0.05, 0) is 43.3 Å². The summed E-state index contributed by atoms with van der Waals surface area (Å²) in [6, 6.07) is 4.97. The molecule has 1 atom stereocenters. The zero-order valence-corrected chi connectivity index (χ0v) is 17.4. The lowest BCUT2D eigenvalue weighted by Crippen LogP contribution is -2.45. The average molecular weight is 393 g/mol. The number of esters is 1. The number of thiocarbonyl (C=S) groups is 1. The smallest absolute Gasteiger partial charge is 0.338 e. The summed E-state index contributed by atoms with van der Waals surface area (Å²) in [5, 5.41) is 6.62. The number of rotatable bonds is 8. The van der Waals surface area contributed by atoms with Gasteiger partial charge in [0.05, 0.1) is 32.4 Å². The Balaban J connectivity index is 2.40. The summed E-state index contributed by atoms with van der Waals surface area (Å²) in [5.41, 5.74) is 1.92. The maximum Gasteiger partial charge on any atom is 0.338 e. The van der Waals surface area contributed by atoms with Gasteiger partial charge in [0.2, 0.25) is 0 Å². The van der Waals surface area contributed by atoms with E-state index in [4.69, 9.17) is 26.4 Å². The van der Waals surface area contributed by atoms with Gasteiger partial charge in [-0.2, -0.15) is 0 Å². The van der Waals surface area contributed by atoms with E-state index in [0.717, 1.165) is 18.4 Å². The van der Waals surface area contributed by atoms with Gasteiger partial charge in [-0.1, -0.05) is 26.7 Å². The number of carbonyl (C=O) groups is 1. The molecule has 0 spiro atoms. The van der Waals surface area contributed by atoms with Gasteiger partial charge in [-0.25, -0.2) is 4.79 Å². The van der Waals surface area contributed by atoms with Crippen molar-refractivity contribution in [3.63, 3.8) is 0 Å². The van der Waals surface area contributed by atoms with Crippen LogP contribution in [0.3, 0.4) is 0 Å². The molecule has 1 aromatic carbocycles. The van der Waals surface area contributed by atoms with Crippen LogP contribution in [-0.2, 0) is 9.53 Å². The molecule has 7 heteroatoms. The van der Waals surface area contributed by atoms with Gasteiger partial charge in [0, 0.05) is 11.3 Å². The SMILES string of the molecule is CCC(CC)COC(=O)C1=C(C)NC(=S)N[C@@H]1c1cc(OC)ccc1OC. The number of benzene rings is 1. The van der Waals surface area contributed by atoms with Crippen LogP contribution in [0, 0.1) is 5.92 Å². The second kappa shape index (κ2) is 9.60. The first-order valence-electron chi connectivity index (χ1n) is 9.12. The van der Waals surface area contributed by atoms with E-state index in [1.807, 2.05) is 25.1 Å². The highest BCUT2D eigenvalue weighted by molar-refractivity contribution is 7.80. The Morgan fingerprint density at radius 3 is 2.52 bits per heavy atom. The van der Waals surface area contributed by atoms with Gasteiger partial charge < -0.3 is 24.8 Å². The van der Waals surface area contributed by atoms with E-state index in [1.54, 1.807) is 14.2 Å². The molecule has 0 radical (unpaired) electrons. The van der Waals surface area contributed by atoms with Gasteiger partial charge in [-0.15, -0.1) is 0 Å². The molecule has 0 bridgehead atoms. The first-order chi connectivity index (χ1) is 12.9. The number of methoxy groups -OCH3 is 2. The van der Waals surface area contributed by atoms with Crippen LogP contribution >= 0.6 is 12.2 Å². The first-order valence-corrected chi connectivity index (χ1v) is 9.53. The third-order valence-corrected chi connectivity index (χ3v) is 5.06. The van der Waals surface area contributed by atoms with Crippen molar-refractivity contribution in [2.45, 2.75) is 39.7 Å². The summed E-state index contributed by atoms with van der Waals surface area (Å²) >= 11 is 5.30. The third kappa shape index (κ3) is 4.91. The summed E-state index contributed by atoms with van der Waals surface area (Å²) in [7, 11) is 3.18. The number of hydrogen-bond acceptors (Lipinski definition) is 5. The molecular weight excluding hydrogens is 364 g/mol. The van der Waals surface area contributed by atoms with Crippen LogP contribution in [0.4, 0.5) is 0 Å². The van der Waals surface area contributed by atoms with Crippen LogP contribution in [0.15, 0.2) is 29.5 Å². The molecule has 1 aromatic rings. The van der Waals surface area contributed by atoms with E-state index >= 15 is 0 Å². The minimum atomic E-state index is -0.488. The Labute approximate surface area is 166 Å². The van der Waals surface area contributed by atoms with Gasteiger partial charge >= 0.3 is 5.97 Å². The van der Waals surface area contributed by atoms with Gasteiger partial charge in [0.1, 0.15) is 11.5 Å². The quantitative estimate of drug-likeness (QED) is 0.518. The van der Waals surface area contributed by atoms with Crippen molar-refractivity contribution < 1.29 is 19.0 Å². The zero-order valence-electron chi connectivity index (χ0n) is 16.5. The molecule has 2 N–H and O–H groups in total. The number of nitrogens with one attached hydrogen (secondary N) is 2. The summed E-state index contributed by atoms with van der Waals surface area (Å²) in [6.07, 6.45) is 1.94. The zero-order chi connectivity index (χ0) is 20.0. The van der Waals surface area contributed by atoms with Gasteiger partial charge in [0.25, 0.3) is 0 Å². The van der Waals surface area contributed by atoms with Crippen molar-refractivity contribution in [2.75, 3.05) is 20.8 Å². The molecule has 2 rings (SSSR count). The van der Waals surface area contributed by atoms with Crippen LogP contribution < -0.4 is 20.1 Å². The topological polar surface area (TPSA) is 68.8 Å². The van der Waals surface area contributed by atoms with Gasteiger partial charge in [-0.3, -0.25) is 0 Å². The molecule has 148 valence electrons.